The lowest BCUT2D eigenvalue weighted by atomic mass is 10.1. The first-order valence-electron chi connectivity index (χ1n) is 5.26. The molecule has 1 atom stereocenters. The number of hydrogen-bond acceptors (Lipinski definition) is 4. The largest absolute Gasteiger partial charge is 0.322 e. The molecule has 2 N–H and O–H groups in total. The maximum absolute atomic E-state index is 6.09. The zero-order valence-corrected chi connectivity index (χ0v) is 10.3. The standard InChI is InChI=1S/C12H15N3S/c1-8-9(2)16-12(15-8)7-10(13)11-5-3-4-6-14-11/h3-6,10H,7,13H2,1-2H3. The minimum atomic E-state index is -0.0638. The van der Waals surface area contributed by atoms with Crippen molar-refractivity contribution in [2.45, 2.75) is 26.3 Å². The smallest absolute Gasteiger partial charge is 0.0950 e. The summed E-state index contributed by atoms with van der Waals surface area (Å²) >= 11 is 1.72. The number of aryl methyl sites for hydroxylation is 2. The Balaban J connectivity index is 2.11. The van der Waals surface area contributed by atoms with Gasteiger partial charge < -0.3 is 5.73 Å². The van der Waals surface area contributed by atoms with Gasteiger partial charge in [0, 0.05) is 17.5 Å². The molecule has 1 unspecified atom stereocenters. The first-order valence-corrected chi connectivity index (χ1v) is 6.08. The SMILES string of the molecule is Cc1nc(CC(N)c2ccccn2)sc1C. The highest BCUT2D eigenvalue weighted by atomic mass is 32.1. The Bertz CT molecular complexity index is 445. The highest BCUT2D eigenvalue weighted by molar-refractivity contribution is 7.11. The van der Waals surface area contributed by atoms with E-state index in [1.165, 1.54) is 4.88 Å². The fourth-order valence-corrected chi connectivity index (χ4v) is 2.51. The van der Waals surface area contributed by atoms with Crippen molar-refractivity contribution in [3.8, 4) is 0 Å². The molecule has 0 saturated carbocycles. The van der Waals surface area contributed by atoms with Crippen LogP contribution in [0.15, 0.2) is 24.4 Å². The number of aromatic nitrogens is 2. The zero-order chi connectivity index (χ0) is 11.5. The van der Waals surface area contributed by atoms with Gasteiger partial charge in [0.15, 0.2) is 0 Å². The van der Waals surface area contributed by atoms with E-state index in [1.807, 2.05) is 25.1 Å². The third kappa shape index (κ3) is 2.46. The molecule has 2 aromatic rings. The van der Waals surface area contributed by atoms with Crippen LogP contribution in [-0.2, 0) is 6.42 Å². The molecular formula is C12H15N3S. The van der Waals surface area contributed by atoms with Gasteiger partial charge in [0.2, 0.25) is 0 Å². The third-order valence-electron chi connectivity index (χ3n) is 2.54. The average Bonchev–Trinajstić information content (AvgIpc) is 2.59. The molecule has 2 aromatic heterocycles. The molecule has 2 heterocycles. The van der Waals surface area contributed by atoms with Gasteiger partial charge in [0.25, 0.3) is 0 Å². The molecule has 0 aromatic carbocycles. The molecule has 0 radical (unpaired) electrons. The normalized spacial score (nSPS) is 12.7. The first-order chi connectivity index (χ1) is 7.66. The molecule has 0 spiro atoms. The summed E-state index contributed by atoms with van der Waals surface area (Å²) < 4.78 is 0. The van der Waals surface area contributed by atoms with Crippen molar-refractivity contribution >= 4 is 11.3 Å². The summed E-state index contributed by atoms with van der Waals surface area (Å²) in [4.78, 5) is 10.0. The highest BCUT2D eigenvalue weighted by Crippen LogP contribution is 2.21. The van der Waals surface area contributed by atoms with Crippen molar-refractivity contribution in [1.82, 2.24) is 9.97 Å². The summed E-state index contributed by atoms with van der Waals surface area (Å²) in [5, 5.41) is 1.09. The molecule has 0 aliphatic rings. The molecule has 84 valence electrons. The number of rotatable bonds is 3. The molecule has 0 aliphatic carbocycles. The Morgan fingerprint density at radius 2 is 2.19 bits per heavy atom. The van der Waals surface area contributed by atoms with Crippen molar-refractivity contribution < 1.29 is 0 Å². The molecule has 16 heavy (non-hydrogen) atoms. The highest BCUT2D eigenvalue weighted by Gasteiger charge is 2.11. The molecule has 0 bridgehead atoms. The second-order valence-electron chi connectivity index (χ2n) is 3.81. The van der Waals surface area contributed by atoms with E-state index >= 15 is 0 Å². The summed E-state index contributed by atoms with van der Waals surface area (Å²) in [5.41, 5.74) is 8.12. The van der Waals surface area contributed by atoms with Gasteiger partial charge in [0.05, 0.1) is 22.4 Å². The molecule has 0 amide bonds. The van der Waals surface area contributed by atoms with E-state index in [0.29, 0.717) is 0 Å². The number of nitrogens with zero attached hydrogens (tertiary/aromatic N) is 2. The van der Waals surface area contributed by atoms with Crippen LogP contribution in [-0.4, -0.2) is 9.97 Å². The first kappa shape index (κ1) is 11.2. The number of thiazole rings is 1. The fraction of sp³-hybridized carbons (Fsp3) is 0.333. The monoisotopic (exact) mass is 233 g/mol. The van der Waals surface area contributed by atoms with Crippen molar-refractivity contribution in [2.24, 2.45) is 5.73 Å². The summed E-state index contributed by atoms with van der Waals surface area (Å²) in [5.74, 6) is 0. The van der Waals surface area contributed by atoms with Gasteiger partial charge in [-0.3, -0.25) is 4.98 Å². The van der Waals surface area contributed by atoms with Crippen molar-refractivity contribution in [3.63, 3.8) is 0 Å². The van der Waals surface area contributed by atoms with Gasteiger partial charge in [-0.05, 0) is 26.0 Å². The van der Waals surface area contributed by atoms with Gasteiger partial charge >= 0.3 is 0 Å². The Morgan fingerprint density at radius 3 is 2.75 bits per heavy atom. The summed E-state index contributed by atoms with van der Waals surface area (Å²) in [6, 6.07) is 5.75. The summed E-state index contributed by atoms with van der Waals surface area (Å²) in [6.07, 6.45) is 2.53. The molecule has 2 rings (SSSR count). The van der Waals surface area contributed by atoms with Gasteiger partial charge in [-0.1, -0.05) is 6.07 Å². The summed E-state index contributed by atoms with van der Waals surface area (Å²) in [6.45, 7) is 4.12. The minimum Gasteiger partial charge on any atom is -0.322 e. The quantitative estimate of drug-likeness (QED) is 0.885. The maximum Gasteiger partial charge on any atom is 0.0950 e. The minimum absolute atomic E-state index is 0.0638. The van der Waals surface area contributed by atoms with Gasteiger partial charge in [-0.25, -0.2) is 4.98 Å². The van der Waals surface area contributed by atoms with Gasteiger partial charge in [-0.15, -0.1) is 11.3 Å². The molecule has 4 heteroatoms. The van der Waals surface area contributed by atoms with E-state index in [9.17, 15) is 0 Å². The molecule has 3 nitrogen and oxygen atoms in total. The topological polar surface area (TPSA) is 51.8 Å². The lowest BCUT2D eigenvalue weighted by molar-refractivity contribution is 0.692. The van der Waals surface area contributed by atoms with Crippen LogP contribution in [0.2, 0.25) is 0 Å². The van der Waals surface area contributed by atoms with Crippen LogP contribution in [0.3, 0.4) is 0 Å². The van der Waals surface area contributed by atoms with E-state index in [1.54, 1.807) is 17.5 Å². The van der Waals surface area contributed by atoms with Crippen LogP contribution in [0.5, 0.6) is 0 Å². The summed E-state index contributed by atoms with van der Waals surface area (Å²) in [7, 11) is 0. The lowest BCUT2D eigenvalue weighted by Crippen LogP contribution is -2.14. The molecule has 0 saturated heterocycles. The predicted molar refractivity (Wildman–Crippen MR) is 66.5 cm³/mol. The number of nitrogens with two attached hydrogens (primary N) is 1. The van der Waals surface area contributed by atoms with Crippen molar-refractivity contribution in [2.75, 3.05) is 0 Å². The third-order valence-corrected chi connectivity index (χ3v) is 3.63. The average molecular weight is 233 g/mol. The number of hydrogen-bond donors (Lipinski definition) is 1. The van der Waals surface area contributed by atoms with E-state index < -0.39 is 0 Å². The Labute approximate surface area is 99.4 Å². The molecular weight excluding hydrogens is 218 g/mol. The Kier molecular flexibility index (Phi) is 3.31. The van der Waals surface area contributed by atoms with Crippen molar-refractivity contribution in [3.05, 3.63) is 45.7 Å². The van der Waals surface area contributed by atoms with Crippen LogP contribution >= 0.6 is 11.3 Å². The second kappa shape index (κ2) is 4.72. The lowest BCUT2D eigenvalue weighted by Gasteiger charge is -2.08. The van der Waals surface area contributed by atoms with Crippen LogP contribution < -0.4 is 5.73 Å². The van der Waals surface area contributed by atoms with Crippen molar-refractivity contribution in [1.29, 1.82) is 0 Å². The van der Waals surface area contributed by atoms with Crippen LogP contribution in [0.4, 0.5) is 0 Å². The molecule has 0 aliphatic heterocycles. The Morgan fingerprint density at radius 1 is 1.38 bits per heavy atom. The maximum atomic E-state index is 6.09. The van der Waals surface area contributed by atoms with Gasteiger partial charge in [-0.2, -0.15) is 0 Å². The second-order valence-corrected chi connectivity index (χ2v) is 5.10. The Hall–Kier alpha value is -1.26. The zero-order valence-electron chi connectivity index (χ0n) is 9.47. The van der Waals surface area contributed by atoms with E-state index in [-0.39, 0.29) is 6.04 Å². The number of pyridine rings is 1. The molecule has 0 fully saturated rings. The van der Waals surface area contributed by atoms with Crippen LogP contribution in [0.25, 0.3) is 0 Å². The predicted octanol–water partition coefficient (Wildman–Crippen LogP) is 2.40. The fourth-order valence-electron chi connectivity index (χ4n) is 1.51. The van der Waals surface area contributed by atoms with E-state index in [2.05, 4.69) is 16.9 Å². The van der Waals surface area contributed by atoms with E-state index in [4.69, 9.17) is 5.73 Å². The van der Waals surface area contributed by atoms with Crippen LogP contribution in [0, 0.1) is 13.8 Å². The van der Waals surface area contributed by atoms with E-state index in [0.717, 1.165) is 22.8 Å². The van der Waals surface area contributed by atoms with Crippen LogP contribution in [0.1, 0.15) is 27.3 Å². The van der Waals surface area contributed by atoms with Gasteiger partial charge in [0.1, 0.15) is 0 Å².